The molecule has 0 bridgehead atoms. The van der Waals surface area contributed by atoms with Gasteiger partial charge in [0.15, 0.2) is 14.6 Å². The van der Waals surface area contributed by atoms with Crippen LogP contribution in [0.1, 0.15) is 47.3 Å². The number of sulfone groups is 1. The van der Waals surface area contributed by atoms with Crippen LogP contribution >= 0.6 is 11.3 Å². The first-order valence-corrected chi connectivity index (χ1v) is 11.9. The van der Waals surface area contributed by atoms with E-state index in [4.69, 9.17) is 0 Å². The molecule has 6 heteroatoms. The van der Waals surface area contributed by atoms with Crippen molar-refractivity contribution in [3.05, 3.63) is 51.2 Å². The van der Waals surface area contributed by atoms with E-state index in [0.29, 0.717) is 25.9 Å². The van der Waals surface area contributed by atoms with E-state index in [1.54, 1.807) is 28.4 Å². The number of benzene rings is 1. The van der Waals surface area contributed by atoms with E-state index >= 15 is 0 Å². The fourth-order valence-electron chi connectivity index (χ4n) is 4.36. The zero-order valence-corrected chi connectivity index (χ0v) is 17.5. The number of carbonyl (C=O) groups is 1. The minimum atomic E-state index is -3.74. The van der Waals surface area contributed by atoms with Gasteiger partial charge in [0.25, 0.3) is 0 Å². The third-order valence-electron chi connectivity index (χ3n) is 6.20. The fourth-order valence-corrected chi connectivity index (χ4v) is 7.47. The van der Waals surface area contributed by atoms with Crippen LogP contribution in [0, 0.1) is 13.8 Å². The average Bonchev–Trinajstić information content (AvgIpc) is 3.32. The Labute approximate surface area is 165 Å². The lowest BCUT2D eigenvalue weighted by Crippen LogP contribution is -2.53. The average molecular weight is 404 g/mol. The van der Waals surface area contributed by atoms with E-state index in [1.165, 1.54) is 4.88 Å². The molecule has 1 fully saturated rings. The van der Waals surface area contributed by atoms with Crippen LogP contribution in [0.4, 0.5) is 0 Å². The molecule has 1 saturated carbocycles. The van der Waals surface area contributed by atoms with Crippen molar-refractivity contribution in [1.82, 2.24) is 4.90 Å². The van der Waals surface area contributed by atoms with Gasteiger partial charge in [0.05, 0.1) is 4.90 Å². The van der Waals surface area contributed by atoms with Crippen LogP contribution in [0.3, 0.4) is 0 Å². The molecule has 4 nitrogen and oxygen atoms in total. The van der Waals surface area contributed by atoms with Gasteiger partial charge in [-0.25, -0.2) is 8.42 Å². The van der Waals surface area contributed by atoms with Gasteiger partial charge in [-0.15, -0.1) is 11.3 Å². The zero-order chi connectivity index (χ0) is 19.2. The van der Waals surface area contributed by atoms with Crippen LogP contribution in [0.2, 0.25) is 0 Å². The van der Waals surface area contributed by atoms with Gasteiger partial charge in [-0.2, -0.15) is 0 Å². The van der Waals surface area contributed by atoms with Crippen molar-refractivity contribution in [2.45, 2.75) is 62.1 Å². The lowest BCUT2D eigenvalue weighted by Gasteiger charge is -2.36. The summed E-state index contributed by atoms with van der Waals surface area (Å²) in [5.74, 6) is -0.199. The van der Waals surface area contributed by atoms with Crippen molar-refractivity contribution in [2.24, 2.45) is 0 Å². The molecule has 0 radical (unpaired) electrons. The molecule has 0 spiro atoms. The Morgan fingerprint density at radius 3 is 2.56 bits per heavy atom. The third kappa shape index (κ3) is 2.93. The molecule has 4 rings (SSSR count). The first-order valence-electron chi connectivity index (χ1n) is 9.52. The van der Waals surface area contributed by atoms with Crippen molar-refractivity contribution in [1.29, 1.82) is 0 Å². The number of thiophene rings is 1. The maximum absolute atomic E-state index is 13.7. The summed E-state index contributed by atoms with van der Waals surface area (Å²) in [6, 6.07) is 7.29. The van der Waals surface area contributed by atoms with Gasteiger partial charge >= 0.3 is 0 Å². The first kappa shape index (κ1) is 18.7. The highest BCUT2D eigenvalue weighted by atomic mass is 32.2. The second kappa shape index (κ2) is 6.74. The molecule has 1 amide bonds. The van der Waals surface area contributed by atoms with E-state index in [9.17, 15) is 13.2 Å². The Balaban J connectivity index is 1.72. The lowest BCUT2D eigenvalue weighted by atomic mass is 10.0. The van der Waals surface area contributed by atoms with Crippen LogP contribution in [0.5, 0.6) is 0 Å². The summed E-state index contributed by atoms with van der Waals surface area (Å²) in [4.78, 5) is 17.0. The first-order chi connectivity index (χ1) is 12.8. The molecule has 0 N–H and O–H groups in total. The highest BCUT2D eigenvalue weighted by Gasteiger charge is 2.54. The van der Waals surface area contributed by atoms with Crippen molar-refractivity contribution in [3.63, 3.8) is 0 Å². The van der Waals surface area contributed by atoms with Gasteiger partial charge in [0.2, 0.25) is 5.91 Å². The van der Waals surface area contributed by atoms with Crippen molar-refractivity contribution < 1.29 is 13.2 Å². The third-order valence-corrected chi connectivity index (χ3v) is 9.71. The van der Waals surface area contributed by atoms with Gasteiger partial charge in [0, 0.05) is 18.0 Å². The minimum Gasteiger partial charge on any atom is -0.337 e. The molecule has 1 aliphatic carbocycles. The Morgan fingerprint density at radius 1 is 1.11 bits per heavy atom. The quantitative estimate of drug-likeness (QED) is 0.777. The molecule has 2 aliphatic rings. The van der Waals surface area contributed by atoms with E-state index in [0.717, 1.165) is 36.0 Å². The zero-order valence-electron chi connectivity index (χ0n) is 15.8. The van der Waals surface area contributed by atoms with Gasteiger partial charge < -0.3 is 4.90 Å². The molecule has 144 valence electrons. The summed E-state index contributed by atoms with van der Waals surface area (Å²) in [6.07, 6.45) is 3.24. The molecule has 1 aromatic heterocycles. The van der Waals surface area contributed by atoms with Gasteiger partial charge in [-0.05, 0) is 73.4 Å². The molecule has 1 aromatic carbocycles. The normalized spacial score (nSPS) is 19.1. The van der Waals surface area contributed by atoms with Crippen molar-refractivity contribution in [2.75, 3.05) is 6.54 Å². The fraction of sp³-hybridized carbons (Fsp3) is 0.476. The van der Waals surface area contributed by atoms with Gasteiger partial charge in [-0.3, -0.25) is 4.79 Å². The Bertz CT molecular complexity index is 985. The van der Waals surface area contributed by atoms with Crippen LogP contribution in [0.25, 0.3) is 0 Å². The Morgan fingerprint density at radius 2 is 1.85 bits per heavy atom. The lowest BCUT2D eigenvalue weighted by molar-refractivity contribution is -0.134. The second-order valence-corrected chi connectivity index (χ2v) is 11.1. The molecule has 1 aliphatic heterocycles. The van der Waals surface area contributed by atoms with Crippen LogP contribution in [-0.2, 0) is 27.6 Å². The number of hydrogen-bond donors (Lipinski definition) is 0. The molecule has 2 heterocycles. The van der Waals surface area contributed by atoms with E-state index in [-0.39, 0.29) is 10.8 Å². The number of amides is 1. The summed E-state index contributed by atoms with van der Waals surface area (Å²) in [7, 11) is -3.74. The largest absolute Gasteiger partial charge is 0.337 e. The summed E-state index contributed by atoms with van der Waals surface area (Å²) in [5.41, 5.74) is 3.16. The Kier molecular flexibility index (Phi) is 4.67. The summed E-state index contributed by atoms with van der Waals surface area (Å²) >= 11 is 1.72. The van der Waals surface area contributed by atoms with Crippen molar-refractivity contribution in [3.8, 4) is 0 Å². The molecule has 27 heavy (non-hydrogen) atoms. The number of hydrogen-bond acceptors (Lipinski definition) is 4. The van der Waals surface area contributed by atoms with Gasteiger partial charge in [0.1, 0.15) is 0 Å². The molecule has 0 unspecified atom stereocenters. The van der Waals surface area contributed by atoms with Crippen LogP contribution < -0.4 is 0 Å². The predicted octanol–water partition coefficient (Wildman–Crippen LogP) is 4.04. The standard InChI is InChI=1S/C21H25NO3S2/c1-15-5-6-18(13-16(15)2)27(24,25)21(9-3-4-10-21)20(23)22-11-7-19-17(14-22)8-12-26-19/h5-6,8,12-13H,3-4,7,9-11,14H2,1-2H3. The predicted molar refractivity (Wildman–Crippen MR) is 108 cm³/mol. The van der Waals surface area contributed by atoms with E-state index < -0.39 is 14.6 Å². The smallest absolute Gasteiger partial charge is 0.244 e. The molecular formula is C21H25NO3S2. The van der Waals surface area contributed by atoms with E-state index in [2.05, 4.69) is 11.4 Å². The highest BCUT2D eigenvalue weighted by Crippen LogP contribution is 2.43. The van der Waals surface area contributed by atoms with Crippen LogP contribution in [-0.4, -0.2) is 30.5 Å². The van der Waals surface area contributed by atoms with Crippen LogP contribution in [0.15, 0.2) is 34.5 Å². The molecule has 0 saturated heterocycles. The van der Waals surface area contributed by atoms with Gasteiger partial charge in [-0.1, -0.05) is 18.9 Å². The molecule has 0 atom stereocenters. The topological polar surface area (TPSA) is 54.5 Å². The number of fused-ring (bicyclic) bond motifs is 1. The summed E-state index contributed by atoms with van der Waals surface area (Å²) in [6.45, 7) is 5.02. The number of rotatable bonds is 3. The molecular weight excluding hydrogens is 378 g/mol. The second-order valence-electron chi connectivity index (χ2n) is 7.80. The number of carbonyl (C=O) groups excluding carboxylic acids is 1. The SMILES string of the molecule is Cc1ccc(S(=O)(=O)C2(C(=O)N3CCc4sccc4C3)CCCC2)cc1C. The number of nitrogens with zero attached hydrogens (tertiary/aromatic N) is 1. The highest BCUT2D eigenvalue weighted by molar-refractivity contribution is 7.93. The number of aryl methyl sites for hydroxylation is 2. The maximum atomic E-state index is 13.7. The Hall–Kier alpha value is -1.66. The summed E-state index contributed by atoms with van der Waals surface area (Å²) < 4.78 is 26.0. The monoisotopic (exact) mass is 403 g/mol. The minimum absolute atomic E-state index is 0.199. The van der Waals surface area contributed by atoms with E-state index in [1.807, 2.05) is 19.9 Å². The maximum Gasteiger partial charge on any atom is 0.244 e. The van der Waals surface area contributed by atoms with Crippen molar-refractivity contribution >= 4 is 27.1 Å². The summed E-state index contributed by atoms with van der Waals surface area (Å²) in [5, 5.41) is 2.05. The molecule has 2 aromatic rings.